The second-order valence-corrected chi connectivity index (χ2v) is 7.50. The van der Waals surface area contributed by atoms with E-state index in [1.165, 1.54) is 4.57 Å². The summed E-state index contributed by atoms with van der Waals surface area (Å²) >= 11 is 0. The topological polar surface area (TPSA) is 76.7 Å². The summed E-state index contributed by atoms with van der Waals surface area (Å²) in [4.78, 5) is 14.8. The van der Waals surface area contributed by atoms with Gasteiger partial charge >= 0.3 is 6.09 Å². The number of nitrogens with zero attached hydrogens (tertiary/aromatic N) is 3. The van der Waals surface area contributed by atoms with Gasteiger partial charge in [-0.05, 0) is 32.9 Å². The minimum atomic E-state index is -0.619. The summed E-state index contributed by atoms with van der Waals surface area (Å²) in [5.74, 6) is 0.636. The molecule has 2 heterocycles. The number of aromatic nitrogens is 1. The fraction of sp³-hybridized carbons (Fsp3) is 0.500. The number of hydrogen-bond acceptors (Lipinski definition) is 6. The maximum Gasteiger partial charge on any atom is 0.419 e. The normalized spacial score (nSPS) is 16.7. The van der Waals surface area contributed by atoms with Gasteiger partial charge < -0.3 is 14.2 Å². The first-order valence-electron chi connectivity index (χ1n) is 8.98. The molecule has 0 aliphatic carbocycles. The van der Waals surface area contributed by atoms with E-state index in [1.807, 2.05) is 32.9 Å². The highest BCUT2D eigenvalue weighted by molar-refractivity contribution is 5.93. The highest BCUT2D eigenvalue weighted by Gasteiger charge is 2.28. The molecule has 0 saturated carbocycles. The maximum atomic E-state index is 12.8. The van der Waals surface area contributed by atoms with Gasteiger partial charge in [-0.15, -0.1) is 0 Å². The molecule has 0 bridgehead atoms. The van der Waals surface area contributed by atoms with Crippen LogP contribution in [0.3, 0.4) is 0 Å². The van der Waals surface area contributed by atoms with Crippen molar-refractivity contribution >= 4 is 17.0 Å². The molecule has 0 spiro atoms. The van der Waals surface area contributed by atoms with Crippen LogP contribution in [0.15, 0.2) is 24.4 Å². The lowest BCUT2D eigenvalue weighted by atomic mass is 10.0. The Morgan fingerprint density at radius 3 is 2.59 bits per heavy atom. The molecule has 27 heavy (non-hydrogen) atoms. The SMILES string of the molecule is COc1ccc2c(C(C#N)N3CCOCC3)cn(C(=O)OC(C)(C)C)c2c1. The van der Waals surface area contributed by atoms with Crippen molar-refractivity contribution in [1.82, 2.24) is 9.47 Å². The molecule has 1 aromatic heterocycles. The van der Waals surface area contributed by atoms with Crippen LogP contribution in [-0.2, 0) is 9.47 Å². The first kappa shape index (κ1) is 19.2. The predicted octanol–water partition coefficient (Wildman–Crippen LogP) is 3.33. The highest BCUT2D eigenvalue weighted by Crippen LogP contribution is 2.33. The van der Waals surface area contributed by atoms with Crippen LogP contribution >= 0.6 is 0 Å². The Kier molecular flexibility index (Phi) is 5.40. The van der Waals surface area contributed by atoms with E-state index < -0.39 is 17.7 Å². The molecular formula is C20H25N3O4. The molecule has 7 heteroatoms. The summed E-state index contributed by atoms with van der Waals surface area (Å²) in [6, 6.07) is 7.42. The molecule has 1 unspecified atom stereocenters. The molecule has 1 atom stereocenters. The van der Waals surface area contributed by atoms with Crippen LogP contribution in [0.5, 0.6) is 5.75 Å². The number of methoxy groups -OCH3 is 1. The van der Waals surface area contributed by atoms with E-state index in [-0.39, 0.29) is 0 Å². The summed E-state index contributed by atoms with van der Waals surface area (Å²) in [6.07, 6.45) is 1.23. The fourth-order valence-electron chi connectivity index (χ4n) is 3.22. The van der Waals surface area contributed by atoms with Crippen molar-refractivity contribution in [2.45, 2.75) is 32.4 Å². The first-order chi connectivity index (χ1) is 12.8. The van der Waals surface area contributed by atoms with Crippen LogP contribution in [0, 0.1) is 11.3 Å². The molecule has 144 valence electrons. The molecule has 1 aliphatic rings. The molecule has 1 aromatic carbocycles. The largest absolute Gasteiger partial charge is 0.497 e. The lowest BCUT2D eigenvalue weighted by Gasteiger charge is -2.30. The molecule has 0 radical (unpaired) electrons. The van der Waals surface area contributed by atoms with Gasteiger partial charge in [-0.25, -0.2) is 4.79 Å². The van der Waals surface area contributed by atoms with E-state index >= 15 is 0 Å². The van der Waals surface area contributed by atoms with E-state index in [1.54, 1.807) is 19.4 Å². The van der Waals surface area contributed by atoms with Gasteiger partial charge in [0.25, 0.3) is 0 Å². The monoisotopic (exact) mass is 371 g/mol. The molecule has 2 aromatic rings. The predicted molar refractivity (Wildman–Crippen MR) is 101 cm³/mol. The van der Waals surface area contributed by atoms with Crippen LogP contribution < -0.4 is 4.74 Å². The Labute approximate surface area is 159 Å². The number of hydrogen-bond donors (Lipinski definition) is 0. The van der Waals surface area contributed by atoms with Crippen molar-refractivity contribution in [2.24, 2.45) is 0 Å². The van der Waals surface area contributed by atoms with Gasteiger partial charge in [0.1, 0.15) is 17.4 Å². The number of morpholine rings is 1. The number of nitriles is 1. The number of fused-ring (bicyclic) bond motifs is 1. The molecule has 3 rings (SSSR count). The Balaban J connectivity index is 2.10. The third kappa shape index (κ3) is 4.07. The van der Waals surface area contributed by atoms with Crippen molar-refractivity contribution in [3.05, 3.63) is 30.0 Å². The van der Waals surface area contributed by atoms with Gasteiger partial charge in [0, 0.05) is 36.3 Å². The Morgan fingerprint density at radius 1 is 1.30 bits per heavy atom. The third-order valence-corrected chi connectivity index (χ3v) is 4.46. The smallest absolute Gasteiger partial charge is 0.419 e. The molecule has 0 N–H and O–H groups in total. The van der Waals surface area contributed by atoms with Crippen LogP contribution in [0.1, 0.15) is 32.4 Å². The van der Waals surface area contributed by atoms with Gasteiger partial charge in [0.2, 0.25) is 0 Å². The van der Waals surface area contributed by atoms with Crippen molar-refractivity contribution in [2.75, 3.05) is 33.4 Å². The molecule has 1 aliphatic heterocycles. The summed E-state index contributed by atoms with van der Waals surface area (Å²) in [5, 5.41) is 10.7. The Hall–Kier alpha value is -2.56. The van der Waals surface area contributed by atoms with Crippen LogP contribution in [0.25, 0.3) is 10.9 Å². The fourth-order valence-corrected chi connectivity index (χ4v) is 3.22. The van der Waals surface area contributed by atoms with Crippen molar-refractivity contribution in [3.8, 4) is 11.8 Å². The number of benzene rings is 1. The zero-order valence-electron chi connectivity index (χ0n) is 16.2. The molecule has 1 saturated heterocycles. The van der Waals surface area contributed by atoms with E-state index in [2.05, 4.69) is 11.0 Å². The average Bonchev–Trinajstić information content (AvgIpc) is 3.01. The molecular weight excluding hydrogens is 346 g/mol. The minimum Gasteiger partial charge on any atom is -0.497 e. The molecule has 0 amide bonds. The summed E-state index contributed by atoms with van der Waals surface area (Å²) < 4.78 is 17.7. The van der Waals surface area contributed by atoms with E-state index in [9.17, 15) is 10.1 Å². The molecule has 1 fully saturated rings. The average molecular weight is 371 g/mol. The maximum absolute atomic E-state index is 12.8. The van der Waals surface area contributed by atoms with Crippen molar-refractivity contribution in [1.29, 1.82) is 5.26 Å². The highest BCUT2D eigenvalue weighted by atomic mass is 16.6. The quantitative estimate of drug-likeness (QED) is 0.824. The van der Waals surface area contributed by atoms with Crippen LogP contribution in [0.4, 0.5) is 4.79 Å². The first-order valence-corrected chi connectivity index (χ1v) is 8.98. The zero-order valence-corrected chi connectivity index (χ0v) is 16.2. The minimum absolute atomic E-state index is 0.464. The van der Waals surface area contributed by atoms with Gasteiger partial charge in [-0.3, -0.25) is 9.47 Å². The van der Waals surface area contributed by atoms with E-state index in [0.717, 1.165) is 10.9 Å². The van der Waals surface area contributed by atoms with Crippen molar-refractivity contribution < 1.29 is 19.0 Å². The van der Waals surface area contributed by atoms with Gasteiger partial charge in [-0.2, -0.15) is 5.26 Å². The second kappa shape index (κ2) is 7.59. The summed E-state index contributed by atoms with van der Waals surface area (Å²) in [7, 11) is 1.58. The van der Waals surface area contributed by atoms with Gasteiger partial charge in [0.05, 0.1) is 31.9 Å². The number of carbonyl (C=O) groups excluding carboxylic acids is 1. The number of ether oxygens (including phenoxy) is 3. The number of rotatable bonds is 3. The lowest BCUT2D eigenvalue weighted by molar-refractivity contribution is 0.0267. The van der Waals surface area contributed by atoms with Crippen molar-refractivity contribution in [3.63, 3.8) is 0 Å². The number of carbonyl (C=O) groups is 1. The van der Waals surface area contributed by atoms with Gasteiger partial charge in [-0.1, -0.05) is 0 Å². The summed E-state index contributed by atoms with van der Waals surface area (Å²) in [6.45, 7) is 8.01. The lowest BCUT2D eigenvalue weighted by Crippen LogP contribution is -2.38. The van der Waals surface area contributed by atoms with E-state index in [0.29, 0.717) is 37.6 Å². The van der Waals surface area contributed by atoms with Gasteiger partial charge in [0.15, 0.2) is 0 Å². The summed E-state index contributed by atoms with van der Waals surface area (Å²) in [5.41, 5.74) is 0.820. The Bertz CT molecular complexity index is 870. The van der Waals surface area contributed by atoms with E-state index in [4.69, 9.17) is 14.2 Å². The standard InChI is InChI=1S/C20H25N3O4/c1-20(2,3)27-19(24)23-13-16(15-6-5-14(25-4)11-17(15)23)18(12-21)22-7-9-26-10-8-22/h5-6,11,13,18H,7-10H2,1-4H3. The Morgan fingerprint density at radius 2 is 2.00 bits per heavy atom. The zero-order chi connectivity index (χ0) is 19.6. The molecule has 7 nitrogen and oxygen atoms in total. The second-order valence-electron chi connectivity index (χ2n) is 7.50. The third-order valence-electron chi connectivity index (χ3n) is 4.46. The van der Waals surface area contributed by atoms with Crippen LogP contribution in [-0.4, -0.2) is 54.6 Å². The van der Waals surface area contributed by atoms with Crippen LogP contribution in [0.2, 0.25) is 0 Å².